The second kappa shape index (κ2) is 4.21. The summed E-state index contributed by atoms with van der Waals surface area (Å²) < 4.78 is 0. The Labute approximate surface area is 89.0 Å². The number of pyridine rings is 1. The van der Waals surface area contributed by atoms with E-state index in [2.05, 4.69) is 33.9 Å². The Kier molecular flexibility index (Phi) is 2.76. The highest BCUT2D eigenvalue weighted by Gasteiger charge is 2.08. The predicted octanol–water partition coefficient (Wildman–Crippen LogP) is 1.87. The summed E-state index contributed by atoms with van der Waals surface area (Å²) in [5.74, 6) is 0. The summed E-state index contributed by atoms with van der Waals surface area (Å²) in [5.41, 5.74) is 2.84. The SMILES string of the molecule is CCN(CC)c1cnnc2cccnc12. The van der Waals surface area contributed by atoms with E-state index in [0.717, 1.165) is 29.8 Å². The van der Waals surface area contributed by atoms with Crippen molar-refractivity contribution in [3.63, 3.8) is 0 Å². The van der Waals surface area contributed by atoms with Crippen molar-refractivity contribution in [1.29, 1.82) is 0 Å². The maximum Gasteiger partial charge on any atom is 0.115 e. The van der Waals surface area contributed by atoms with Gasteiger partial charge in [0.2, 0.25) is 0 Å². The minimum atomic E-state index is 0.849. The van der Waals surface area contributed by atoms with E-state index in [1.807, 2.05) is 12.1 Å². The molecule has 0 aliphatic carbocycles. The van der Waals surface area contributed by atoms with Crippen molar-refractivity contribution < 1.29 is 0 Å². The molecule has 78 valence electrons. The molecule has 0 aliphatic heterocycles. The van der Waals surface area contributed by atoms with Crippen LogP contribution in [0.4, 0.5) is 5.69 Å². The first-order valence-corrected chi connectivity index (χ1v) is 5.18. The molecule has 0 saturated heterocycles. The lowest BCUT2D eigenvalue weighted by molar-refractivity contribution is 0.860. The third-order valence-corrected chi connectivity index (χ3v) is 2.48. The second-order valence-electron chi connectivity index (χ2n) is 3.27. The molecule has 0 unspecified atom stereocenters. The zero-order chi connectivity index (χ0) is 10.7. The molecule has 15 heavy (non-hydrogen) atoms. The van der Waals surface area contributed by atoms with Crippen LogP contribution in [0.15, 0.2) is 24.5 Å². The van der Waals surface area contributed by atoms with Crippen molar-refractivity contribution in [3.8, 4) is 0 Å². The molecule has 0 aliphatic rings. The molecular formula is C11H14N4. The fourth-order valence-electron chi connectivity index (χ4n) is 1.68. The molecule has 4 nitrogen and oxygen atoms in total. The Morgan fingerprint density at radius 2 is 2.07 bits per heavy atom. The Morgan fingerprint density at radius 1 is 1.27 bits per heavy atom. The molecule has 4 heteroatoms. The van der Waals surface area contributed by atoms with Crippen LogP contribution in [0, 0.1) is 0 Å². The average molecular weight is 202 g/mol. The second-order valence-corrected chi connectivity index (χ2v) is 3.27. The van der Waals surface area contributed by atoms with Gasteiger partial charge < -0.3 is 4.90 Å². The lowest BCUT2D eigenvalue weighted by Crippen LogP contribution is -2.22. The first kappa shape index (κ1) is 9.83. The van der Waals surface area contributed by atoms with E-state index in [9.17, 15) is 0 Å². The number of anilines is 1. The van der Waals surface area contributed by atoms with Gasteiger partial charge in [0.1, 0.15) is 11.0 Å². The van der Waals surface area contributed by atoms with Crippen molar-refractivity contribution >= 4 is 16.7 Å². The van der Waals surface area contributed by atoms with Gasteiger partial charge >= 0.3 is 0 Å². The largest absolute Gasteiger partial charge is 0.369 e. The fourth-order valence-corrected chi connectivity index (χ4v) is 1.68. The molecule has 0 radical (unpaired) electrons. The molecule has 0 aromatic carbocycles. The van der Waals surface area contributed by atoms with E-state index >= 15 is 0 Å². The van der Waals surface area contributed by atoms with Gasteiger partial charge in [-0.3, -0.25) is 4.98 Å². The molecule has 0 saturated carbocycles. The van der Waals surface area contributed by atoms with Gasteiger partial charge in [0.15, 0.2) is 0 Å². The fraction of sp³-hybridized carbons (Fsp3) is 0.364. The smallest absolute Gasteiger partial charge is 0.115 e. The molecule has 0 N–H and O–H groups in total. The molecular weight excluding hydrogens is 188 g/mol. The number of nitrogens with zero attached hydrogens (tertiary/aromatic N) is 4. The molecule has 0 bridgehead atoms. The van der Waals surface area contributed by atoms with Gasteiger partial charge in [-0.2, -0.15) is 5.10 Å². The van der Waals surface area contributed by atoms with Gasteiger partial charge in [-0.1, -0.05) is 0 Å². The topological polar surface area (TPSA) is 41.9 Å². The summed E-state index contributed by atoms with van der Waals surface area (Å²) in [4.78, 5) is 6.58. The van der Waals surface area contributed by atoms with Crippen molar-refractivity contribution in [2.75, 3.05) is 18.0 Å². The van der Waals surface area contributed by atoms with Crippen molar-refractivity contribution in [2.45, 2.75) is 13.8 Å². The molecule has 0 amide bonds. The summed E-state index contributed by atoms with van der Waals surface area (Å²) in [6, 6.07) is 3.81. The summed E-state index contributed by atoms with van der Waals surface area (Å²) in [6.45, 7) is 6.15. The van der Waals surface area contributed by atoms with Gasteiger partial charge in [0, 0.05) is 19.3 Å². The summed E-state index contributed by atoms with van der Waals surface area (Å²) in [7, 11) is 0. The molecule has 2 rings (SSSR count). The lowest BCUT2D eigenvalue weighted by Gasteiger charge is -2.20. The first-order valence-electron chi connectivity index (χ1n) is 5.18. The minimum Gasteiger partial charge on any atom is -0.369 e. The number of aromatic nitrogens is 3. The number of fused-ring (bicyclic) bond motifs is 1. The third-order valence-electron chi connectivity index (χ3n) is 2.48. The standard InChI is InChI=1S/C11H14N4/c1-3-15(4-2)10-8-13-14-9-6-5-7-12-11(9)10/h5-8H,3-4H2,1-2H3. The van der Waals surface area contributed by atoms with Crippen LogP contribution >= 0.6 is 0 Å². The molecule has 0 fully saturated rings. The van der Waals surface area contributed by atoms with E-state index in [4.69, 9.17) is 0 Å². The van der Waals surface area contributed by atoms with Crippen LogP contribution in [0.1, 0.15) is 13.8 Å². The van der Waals surface area contributed by atoms with E-state index in [-0.39, 0.29) is 0 Å². The summed E-state index contributed by atoms with van der Waals surface area (Å²) in [5, 5.41) is 8.05. The molecule has 2 aromatic rings. The van der Waals surface area contributed by atoms with Crippen LogP contribution < -0.4 is 4.90 Å². The average Bonchev–Trinajstić information content (AvgIpc) is 2.31. The van der Waals surface area contributed by atoms with Crippen molar-refractivity contribution in [1.82, 2.24) is 15.2 Å². The normalized spacial score (nSPS) is 10.5. The highest BCUT2D eigenvalue weighted by Crippen LogP contribution is 2.21. The Morgan fingerprint density at radius 3 is 2.80 bits per heavy atom. The number of rotatable bonds is 3. The summed E-state index contributed by atoms with van der Waals surface area (Å²) >= 11 is 0. The Hall–Kier alpha value is -1.71. The van der Waals surface area contributed by atoms with E-state index in [1.54, 1.807) is 12.4 Å². The molecule has 0 atom stereocenters. The quantitative estimate of drug-likeness (QED) is 0.762. The highest BCUT2D eigenvalue weighted by molar-refractivity contribution is 5.86. The van der Waals surface area contributed by atoms with E-state index < -0.39 is 0 Å². The van der Waals surface area contributed by atoms with Gasteiger partial charge in [-0.25, -0.2) is 0 Å². The van der Waals surface area contributed by atoms with E-state index in [0.29, 0.717) is 0 Å². The van der Waals surface area contributed by atoms with Crippen LogP contribution in [-0.2, 0) is 0 Å². The number of hydrogen-bond donors (Lipinski definition) is 0. The Balaban J connectivity index is 2.59. The van der Waals surface area contributed by atoms with Crippen molar-refractivity contribution in [3.05, 3.63) is 24.5 Å². The Bertz CT molecular complexity index is 446. The number of hydrogen-bond acceptors (Lipinski definition) is 4. The highest BCUT2D eigenvalue weighted by atomic mass is 15.2. The van der Waals surface area contributed by atoms with Crippen LogP contribution in [-0.4, -0.2) is 28.3 Å². The summed E-state index contributed by atoms with van der Waals surface area (Å²) in [6.07, 6.45) is 3.57. The third kappa shape index (κ3) is 1.75. The van der Waals surface area contributed by atoms with Gasteiger partial charge in [0.25, 0.3) is 0 Å². The van der Waals surface area contributed by atoms with E-state index in [1.165, 1.54) is 0 Å². The molecule has 2 heterocycles. The first-order chi connectivity index (χ1) is 7.36. The van der Waals surface area contributed by atoms with Gasteiger partial charge in [0.05, 0.1) is 11.9 Å². The maximum absolute atomic E-state index is 4.35. The predicted molar refractivity (Wildman–Crippen MR) is 60.9 cm³/mol. The minimum absolute atomic E-state index is 0.849. The van der Waals surface area contributed by atoms with Gasteiger partial charge in [-0.05, 0) is 26.0 Å². The molecule has 2 aromatic heterocycles. The molecule has 0 spiro atoms. The van der Waals surface area contributed by atoms with Crippen LogP contribution in [0.5, 0.6) is 0 Å². The van der Waals surface area contributed by atoms with Gasteiger partial charge in [-0.15, -0.1) is 5.10 Å². The zero-order valence-electron chi connectivity index (χ0n) is 9.01. The van der Waals surface area contributed by atoms with Crippen LogP contribution in [0.2, 0.25) is 0 Å². The van der Waals surface area contributed by atoms with Crippen LogP contribution in [0.25, 0.3) is 11.0 Å². The monoisotopic (exact) mass is 202 g/mol. The maximum atomic E-state index is 4.35. The van der Waals surface area contributed by atoms with Crippen molar-refractivity contribution in [2.24, 2.45) is 0 Å². The van der Waals surface area contributed by atoms with Crippen LogP contribution in [0.3, 0.4) is 0 Å². The zero-order valence-corrected chi connectivity index (χ0v) is 9.01. The lowest BCUT2D eigenvalue weighted by atomic mass is 10.3.